The van der Waals surface area contributed by atoms with Gasteiger partial charge in [-0.15, -0.1) is 0 Å². The molecule has 1 aliphatic heterocycles. The Hall–Kier alpha value is -2.48. The highest BCUT2D eigenvalue weighted by molar-refractivity contribution is 5.64. The third-order valence-corrected chi connectivity index (χ3v) is 3.91. The van der Waals surface area contributed by atoms with Crippen LogP contribution in [0.3, 0.4) is 0 Å². The summed E-state index contributed by atoms with van der Waals surface area (Å²) in [6.45, 7) is 2.99. The van der Waals surface area contributed by atoms with E-state index in [0.717, 1.165) is 30.2 Å². The molecule has 1 aliphatic carbocycles. The first kappa shape index (κ1) is 14.1. The lowest BCUT2D eigenvalue weighted by atomic mass is 10.2. The third-order valence-electron chi connectivity index (χ3n) is 3.91. The molecule has 120 valence electrons. The van der Waals surface area contributed by atoms with Crippen molar-refractivity contribution in [2.45, 2.75) is 18.9 Å². The Morgan fingerprint density at radius 3 is 2.57 bits per heavy atom. The van der Waals surface area contributed by atoms with E-state index in [-0.39, 0.29) is 5.95 Å². The lowest BCUT2D eigenvalue weighted by molar-refractivity contribution is 0.122. The van der Waals surface area contributed by atoms with Crippen LogP contribution in [0, 0.1) is 0 Å². The molecule has 0 atom stereocenters. The molecular formula is C15H19N7O. The second-order valence-corrected chi connectivity index (χ2v) is 5.79. The highest BCUT2D eigenvalue weighted by Gasteiger charge is 2.23. The summed E-state index contributed by atoms with van der Waals surface area (Å²) < 4.78 is 5.41. The van der Waals surface area contributed by atoms with Crippen LogP contribution in [-0.4, -0.2) is 52.3 Å². The van der Waals surface area contributed by atoms with Crippen molar-refractivity contribution in [1.29, 1.82) is 0 Å². The monoisotopic (exact) mass is 313 g/mol. The largest absolute Gasteiger partial charge is 0.378 e. The zero-order chi connectivity index (χ0) is 15.6. The topological polar surface area (TPSA) is 102 Å². The van der Waals surface area contributed by atoms with E-state index in [1.807, 2.05) is 6.07 Å². The minimum atomic E-state index is 0.257. The molecule has 0 aromatic carbocycles. The van der Waals surface area contributed by atoms with Crippen molar-refractivity contribution < 1.29 is 4.74 Å². The SMILES string of the molecule is Nc1ncc(-c2cc(NC3CC3)nc(N3CCOCC3)n2)cn1. The Labute approximate surface area is 134 Å². The number of rotatable bonds is 4. The Morgan fingerprint density at radius 1 is 1.13 bits per heavy atom. The quantitative estimate of drug-likeness (QED) is 0.859. The van der Waals surface area contributed by atoms with Crippen molar-refractivity contribution >= 4 is 17.7 Å². The molecule has 8 nitrogen and oxygen atoms in total. The lowest BCUT2D eigenvalue weighted by Gasteiger charge is -2.27. The van der Waals surface area contributed by atoms with Crippen LogP contribution in [0.1, 0.15) is 12.8 Å². The number of morpholine rings is 1. The zero-order valence-corrected chi connectivity index (χ0v) is 12.8. The first-order valence-electron chi connectivity index (χ1n) is 7.84. The molecule has 8 heteroatoms. The van der Waals surface area contributed by atoms with Crippen LogP contribution in [-0.2, 0) is 4.74 Å². The van der Waals surface area contributed by atoms with Crippen molar-refractivity contribution in [2.24, 2.45) is 0 Å². The first-order chi connectivity index (χ1) is 11.3. The van der Waals surface area contributed by atoms with Crippen molar-refractivity contribution in [3.05, 3.63) is 18.5 Å². The molecular weight excluding hydrogens is 294 g/mol. The molecule has 2 aromatic rings. The van der Waals surface area contributed by atoms with Crippen molar-refractivity contribution in [1.82, 2.24) is 19.9 Å². The van der Waals surface area contributed by atoms with Gasteiger partial charge in [-0.3, -0.25) is 0 Å². The molecule has 23 heavy (non-hydrogen) atoms. The van der Waals surface area contributed by atoms with Gasteiger partial charge in [-0.05, 0) is 12.8 Å². The number of ether oxygens (including phenoxy) is 1. The second kappa shape index (κ2) is 5.96. The van der Waals surface area contributed by atoms with Gasteiger partial charge >= 0.3 is 0 Å². The molecule has 2 fully saturated rings. The van der Waals surface area contributed by atoms with Gasteiger partial charge in [0.1, 0.15) is 5.82 Å². The summed E-state index contributed by atoms with van der Waals surface area (Å²) in [5.74, 6) is 1.81. The van der Waals surface area contributed by atoms with Crippen LogP contribution in [0.2, 0.25) is 0 Å². The molecule has 1 saturated heterocycles. The number of nitrogens with two attached hydrogens (primary N) is 1. The van der Waals surface area contributed by atoms with E-state index in [0.29, 0.717) is 25.2 Å². The van der Waals surface area contributed by atoms with Gasteiger partial charge in [0.2, 0.25) is 11.9 Å². The molecule has 4 rings (SSSR count). The number of nitrogens with one attached hydrogen (secondary N) is 1. The fourth-order valence-corrected chi connectivity index (χ4v) is 2.47. The minimum Gasteiger partial charge on any atom is -0.378 e. The van der Waals surface area contributed by atoms with Gasteiger partial charge < -0.3 is 20.7 Å². The highest BCUT2D eigenvalue weighted by atomic mass is 16.5. The summed E-state index contributed by atoms with van der Waals surface area (Å²) in [5, 5.41) is 3.44. The molecule has 1 saturated carbocycles. The second-order valence-electron chi connectivity index (χ2n) is 5.79. The van der Waals surface area contributed by atoms with E-state index in [1.165, 1.54) is 12.8 Å². The maximum Gasteiger partial charge on any atom is 0.228 e. The van der Waals surface area contributed by atoms with Crippen LogP contribution in [0.15, 0.2) is 18.5 Å². The van der Waals surface area contributed by atoms with E-state index < -0.39 is 0 Å². The van der Waals surface area contributed by atoms with Crippen LogP contribution >= 0.6 is 0 Å². The summed E-state index contributed by atoms with van der Waals surface area (Å²) in [5.41, 5.74) is 7.19. The summed E-state index contributed by atoms with van der Waals surface area (Å²) in [4.78, 5) is 19.6. The summed E-state index contributed by atoms with van der Waals surface area (Å²) in [6, 6.07) is 2.47. The minimum absolute atomic E-state index is 0.257. The number of hydrogen-bond donors (Lipinski definition) is 2. The van der Waals surface area contributed by atoms with Gasteiger partial charge in [0.05, 0.1) is 18.9 Å². The van der Waals surface area contributed by atoms with Gasteiger partial charge in [0.15, 0.2) is 0 Å². The fraction of sp³-hybridized carbons (Fsp3) is 0.467. The average Bonchev–Trinajstić information content (AvgIpc) is 3.40. The first-order valence-corrected chi connectivity index (χ1v) is 7.84. The molecule has 0 unspecified atom stereocenters. The van der Waals surface area contributed by atoms with Gasteiger partial charge in [0.25, 0.3) is 0 Å². The Bertz CT molecular complexity index is 681. The molecule has 2 aliphatic rings. The third kappa shape index (κ3) is 3.31. The number of nitrogens with zero attached hydrogens (tertiary/aromatic N) is 5. The molecule has 2 aromatic heterocycles. The number of anilines is 3. The molecule has 0 spiro atoms. The fourth-order valence-electron chi connectivity index (χ4n) is 2.47. The number of aromatic nitrogens is 4. The van der Waals surface area contributed by atoms with Crippen molar-refractivity contribution in [3.63, 3.8) is 0 Å². The van der Waals surface area contributed by atoms with Crippen molar-refractivity contribution in [2.75, 3.05) is 42.3 Å². The summed E-state index contributed by atoms with van der Waals surface area (Å²) in [6.07, 6.45) is 5.76. The summed E-state index contributed by atoms with van der Waals surface area (Å²) in [7, 11) is 0. The number of nitrogen functional groups attached to an aromatic ring is 1. The van der Waals surface area contributed by atoms with E-state index >= 15 is 0 Å². The molecule has 3 heterocycles. The highest BCUT2D eigenvalue weighted by Crippen LogP contribution is 2.27. The Balaban J connectivity index is 1.69. The molecule has 3 N–H and O–H groups in total. The van der Waals surface area contributed by atoms with E-state index in [9.17, 15) is 0 Å². The standard InChI is InChI=1S/C15H19N7O/c16-14-17-8-10(9-18-14)12-7-13(19-11-1-2-11)21-15(20-12)22-3-5-23-6-4-22/h7-9,11H,1-6H2,(H2,16,17,18)(H,19,20,21). The van der Waals surface area contributed by atoms with Gasteiger partial charge in [-0.1, -0.05) is 0 Å². The molecule has 0 bridgehead atoms. The van der Waals surface area contributed by atoms with Crippen LogP contribution in [0.4, 0.5) is 17.7 Å². The van der Waals surface area contributed by atoms with Crippen molar-refractivity contribution in [3.8, 4) is 11.3 Å². The predicted octanol–water partition coefficient (Wildman–Crippen LogP) is 0.927. The van der Waals surface area contributed by atoms with E-state index in [4.69, 9.17) is 10.5 Å². The van der Waals surface area contributed by atoms with E-state index in [1.54, 1.807) is 12.4 Å². The summed E-state index contributed by atoms with van der Waals surface area (Å²) >= 11 is 0. The smallest absolute Gasteiger partial charge is 0.228 e. The molecule has 0 amide bonds. The average molecular weight is 313 g/mol. The lowest BCUT2D eigenvalue weighted by Crippen LogP contribution is -2.37. The zero-order valence-electron chi connectivity index (χ0n) is 12.8. The van der Waals surface area contributed by atoms with Gasteiger partial charge in [0, 0.05) is 43.2 Å². The molecule has 0 radical (unpaired) electrons. The van der Waals surface area contributed by atoms with E-state index in [2.05, 4.69) is 30.2 Å². The normalized spacial score (nSPS) is 18.0. The Morgan fingerprint density at radius 2 is 1.87 bits per heavy atom. The number of hydrogen-bond acceptors (Lipinski definition) is 8. The maximum atomic E-state index is 5.57. The van der Waals surface area contributed by atoms with Crippen LogP contribution in [0.25, 0.3) is 11.3 Å². The van der Waals surface area contributed by atoms with Gasteiger partial charge in [-0.25, -0.2) is 15.0 Å². The Kier molecular flexibility index (Phi) is 3.66. The van der Waals surface area contributed by atoms with Gasteiger partial charge in [-0.2, -0.15) is 4.98 Å². The maximum absolute atomic E-state index is 5.57. The van der Waals surface area contributed by atoms with Crippen LogP contribution < -0.4 is 16.0 Å². The van der Waals surface area contributed by atoms with Crippen LogP contribution in [0.5, 0.6) is 0 Å². The predicted molar refractivity (Wildman–Crippen MR) is 87.1 cm³/mol.